The van der Waals surface area contributed by atoms with E-state index in [-0.39, 0.29) is 5.91 Å². The Hall–Kier alpha value is -1.55. The van der Waals surface area contributed by atoms with Crippen LogP contribution in [0.25, 0.3) is 0 Å². The van der Waals surface area contributed by atoms with Gasteiger partial charge in [-0.3, -0.25) is 4.79 Å². The van der Waals surface area contributed by atoms with Gasteiger partial charge in [0.05, 0.1) is 0 Å². The Labute approximate surface area is 108 Å². The number of carbonyl (C=O) groups excluding carboxylic acids is 1. The number of rotatable bonds is 3. The van der Waals surface area contributed by atoms with Crippen molar-refractivity contribution in [2.45, 2.75) is 13.5 Å². The number of halogens is 1. The fourth-order valence-electron chi connectivity index (χ4n) is 1.48. The summed E-state index contributed by atoms with van der Waals surface area (Å²) in [7, 11) is 0. The number of amides is 1. The third-order valence-electron chi connectivity index (χ3n) is 2.47. The van der Waals surface area contributed by atoms with E-state index in [1.54, 1.807) is 12.3 Å². The van der Waals surface area contributed by atoms with Gasteiger partial charge in [-0.2, -0.15) is 0 Å². The van der Waals surface area contributed by atoms with Gasteiger partial charge in [0.15, 0.2) is 0 Å². The van der Waals surface area contributed by atoms with Crippen molar-refractivity contribution in [3.05, 3.63) is 57.8 Å². The van der Waals surface area contributed by atoms with Crippen LogP contribution in [0.5, 0.6) is 0 Å². The summed E-state index contributed by atoms with van der Waals surface area (Å²) in [5, 5.41) is 2.86. The van der Waals surface area contributed by atoms with E-state index in [2.05, 4.69) is 26.2 Å². The minimum absolute atomic E-state index is 0.101. The molecule has 0 fully saturated rings. The minimum Gasteiger partial charge on any atom is -0.356 e. The Morgan fingerprint density at radius 3 is 2.65 bits per heavy atom. The van der Waals surface area contributed by atoms with E-state index < -0.39 is 0 Å². The van der Waals surface area contributed by atoms with Crippen LogP contribution < -0.4 is 5.32 Å². The Kier molecular flexibility index (Phi) is 3.64. The van der Waals surface area contributed by atoms with E-state index in [4.69, 9.17) is 0 Å². The van der Waals surface area contributed by atoms with Gasteiger partial charge in [0, 0.05) is 17.2 Å². The van der Waals surface area contributed by atoms with Gasteiger partial charge in [0.25, 0.3) is 5.91 Å². The van der Waals surface area contributed by atoms with Crippen LogP contribution in [0.4, 0.5) is 0 Å². The summed E-state index contributed by atoms with van der Waals surface area (Å²) >= 11 is 3.29. The van der Waals surface area contributed by atoms with E-state index in [9.17, 15) is 4.79 Å². The number of H-pyrrole nitrogens is 1. The Morgan fingerprint density at radius 2 is 2.06 bits per heavy atom. The molecule has 0 unspecified atom stereocenters. The molecule has 0 spiro atoms. The van der Waals surface area contributed by atoms with Gasteiger partial charge in [-0.05, 0) is 34.5 Å². The fourth-order valence-corrected chi connectivity index (χ4v) is 1.83. The lowest BCUT2D eigenvalue weighted by atomic mass is 10.1. The highest BCUT2D eigenvalue weighted by atomic mass is 79.9. The van der Waals surface area contributed by atoms with Gasteiger partial charge < -0.3 is 10.3 Å². The summed E-state index contributed by atoms with van der Waals surface area (Å²) < 4.78 is 0.873. The molecule has 2 N–H and O–H groups in total. The number of aromatic amines is 1. The zero-order valence-corrected chi connectivity index (χ0v) is 11.0. The molecule has 0 saturated carbocycles. The number of aromatic nitrogens is 1. The van der Waals surface area contributed by atoms with Crippen molar-refractivity contribution >= 4 is 21.8 Å². The first-order chi connectivity index (χ1) is 8.15. The maximum atomic E-state index is 11.7. The third kappa shape index (κ3) is 3.20. The molecule has 0 aliphatic carbocycles. The zero-order chi connectivity index (χ0) is 12.3. The second kappa shape index (κ2) is 5.19. The molecule has 1 aromatic carbocycles. The Balaban J connectivity index is 1.94. The highest BCUT2D eigenvalue weighted by Gasteiger charge is 2.06. The average molecular weight is 293 g/mol. The predicted octanol–water partition coefficient (Wildman–Crippen LogP) is 3.02. The molecule has 2 rings (SSSR count). The number of benzene rings is 1. The number of carbonyl (C=O) groups is 1. The summed E-state index contributed by atoms with van der Waals surface area (Å²) in [6, 6.07) is 9.85. The number of hydrogen-bond donors (Lipinski definition) is 2. The van der Waals surface area contributed by atoms with Crippen LogP contribution in [0, 0.1) is 6.92 Å². The van der Waals surface area contributed by atoms with E-state index in [0.717, 1.165) is 10.0 Å². The highest BCUT2D eigenvalue weighted by molar-refractivity contribution is 9.10. The second-order valence-corrected chi connectivity index (χ2v) is 4.82. The summed E-state index contributed by atoms with van der Waals surface area (Å²) in [5.41, 5.74) is 2.87. The average Bonchev–Trinajstić information content (AvgIpc) is 2.75. The fraction of sp³-hybridized carbons (Fsp3) is 0.154. The number of nitrogens with one attached hydrogen (secondary N) is 2. The quantitative estimate of drug-likeness (QED) is 0.897. The number of hydrogen-bond acceptors (Lipinski definition) is 1. The van der Waals surface area contributed by atoms with Crippen molar-refractivity contribution in [2.24, 2.45) is 0 Å². The first-order valence-electron chi connectivity index (χ1n) is 5.33. The zero-order valence-electron chi connectivity index (χ0n) is 9.46. The van der Waals surface area contributed by atoms with E-state index in [1.165, 1.54) is 5.56 Å². The molecule has 0 bridgehead atoms. The maximum Gasteiger partial charge on any atom is 0.267 e. The molecule has 0 saturated heterocycles. The normalized spacial score (nSPS) is 10.2. The summed E-state index contributed by atoms with van der Waals surface area (Å²) in [5.74, 6) is -0.101. The summed E-state index contributed by atoms with van der Waals surface area (Å²) in [4.78, 5) is 14.6. The molecule has 0 radical (unpaired) electrons. The van der Waals surface area contributed by atoms with Crippen molar-refractivity contribution in [1.82, 2.24) is 10.3 Å². The van der Waals surface area contributed by atoms with Crippen LogP contribution in [0.3, 0.4) is 0 Å². The van der Waals surface area contributed by atoms with Gasteiger partial charge in [-0.1, -0.05) is 29.8 Å². The molecule has 1 amide bonds. The monoisotopic (exact) mass is 292 g/mol. The van der Waals surface area contributed by atoms with Crippen molar-refractivity contribution < 1.29 is 4.79 Å². The molecule has 3 nitrogen and oxygen atoms in total. The van der Waals surface area contributed by atoms with Gasteiger partial charge >= 0.3 is 0 Å². The van der Waals surface area contributed by atoms with Crippen molar-refractivity contribution in [1.29, 1.82) is 0 Å². The lowest BCUT2D eigenvalue weighted by Crippen LogP contribution is -2.22. The molecule has 1 aromatic heterocycles. The molecule has 2 aromatic rings. The van der Waals surface area contributed by atoms with Crippen molar-refractivity contribution in [2.75, 3.05) is 0 Å². The minimum atomic E-state index is -0.101. The van der Waals surface area contributed by atoms with Crippen LogP contribution in [0.15, 0.2) is 41.0 Å². The van der Waals surface area contributed by atoms with Crippen LogP contribution >= 0.6 is 15.9 Å². The van der Waals surface area contributed by atoms with Crippen molar-refractivity contribution in [3.63, 3.8) is 0 Å². The maximum absolute atomic E-state index is 11.7. The molecule has 88 valence electrons. The van der Waals surface area contributed by atoms with Crippen molar-refractivity contribution in [3.8, 4) is 0 Å². The van der Waals surface area contributed by atoms with Crippen LogP contribution in [-0.4, -0.2) is 10.9 Å². The van der Waals surface area contributed by atoms with Gasteiger partial charge in [-0.25, -0.2) is 0 Å². The molecular weight excluding hydrogens is 280 g/mol. The smallest absolute Gasteiger partial charge is 0.267 e. The molecule has 0 aliphatic rings. The molecule has 0 atom stereocenters. The van der Waals surface area contributed by atoms with E-state index >= 15 is 0 Å². The Morgan fingerprint density at radius 1 is 1.35 bits per heavy atom. The van der Waals surface area contributed by atoms with E-state index in [0.29, 0.717) is 12.2 Å². The Bertz CT molecular complexity index is 516. The standard InChI is InChI=1S/C13H13BrN2O/c1-9-2-4-10(5-3-9)7-16-13(17)12-6-11(14)8-15-12/h2-6,8,15H,7H2,1H3,(H,16,17). The molecule has 4 heteroatoms. The molecular formula is C13H13BrN2O. The number of aryl methyl sites for hydroxylation is 1. The van der Waals surface area contributed by atoms with Gasteiger partial charge in [-0.15, -0.1) is 0 Å². The van der Waals surface area contributed by atoms with E-state index in [1.807, 2.05) is 31.2 Å². The third-order valence-corrected chi connectivity index (χ3v) is 2.92. The first kappa shape index (κ1) is 11.9. The van der Waals surface area contributed by atoms with Gasteiger partial charge in [0.1, 0.15) is 5.69 Å². The largest absolute Gasteiger partial charge is 0.356 e. The molecule has 1 heterocycles. The molecule has 0 aliphatic heterocycles. The first-order valence-corrected chi connectivity index (χ1v) is 6.12. The van der Waals surface area contributed by atoms with Crippen LogP contribution in [-0.2, 0) is 6.54 Å². The summed E-state index contributed by atoms with van der Waals surface area (Å²) in [6.07, 6.45) is 1.74. The lowest BCUT2D eigenvalue weighted by molar-refractivity contribution is 0.0946. The van der Waals surface area contributed by atoms with Crippen LogP contribution in [0.2, 0.25) is 0 Å². The second-order valence-electron chi connectivity index (χ2n) is 3.90. The van der Waals surface area contributed by atoms with Gasteiger partial charge in [0.2, 0.25) is 0 Å². The SMILES string of the molecule is Cc1ccc(CNC(=O)c2cc(Br)c[nH]2)cc1. The predicted molar refractivity (Wildman–Crippen MR) is 70.8 cm³/mol. The summed E-state index contributed by atoms with van der Waals surface area (Å²) in [6.45, 7) is 2.58. The molecule has 17 heavy (non-hydrogen) atoms. The highest BCUT2D eigenvalue weighted by Crippen LogP contribution is 2.10. The topological polar surface area (TPSA) is 44.9 Å². The van der Waals surface area contributed by atoms with Crippen LogP contribution in [0.1, 0.15) is 21.6 Å². The lowest BCUT2D eigenvalue weighted by Gasteiger charge is -2.04.